The van der Waals surface area contributed by atoms with E-state index in [1.807, 2.05) is 25.3 Å². The normalized spacial score (nSPS) is 28.5. The van der Waals surface area contributed by atoms with Crippen LogP contribution in [0.1, 0.15) is 59.0 Å². The molecular formula is C32H36N2O4. The smallest absolute Gasteiger partial charge is 0.166 e. The standard InChI is InChI=1S/C32H36N2O4/c1-33-16-15-31-27-21-10-14-25(36)29(27)38-30(31)28-22(19-32(31,37-3)26(33)18-21)17-23(34(28)2)11-13-24(35)12-9-20-7-5-4-6-8-20/h4-8,10,14,17,26,30,36H,9,11-13,15-16,18-19H2,1-3H3/t26-,30-,31-,32+/m0/s1. The summed E-state index contributed by atoms with van der Waals surface area (Å²) in [6.45, 7) is 0.965. The average molecular weight is 513 g/mol. The van der Waals surface area contributed by atoms with Crippen molar-refractivity contribution in [3.8, 4) is 11.5 Å². The van der Waals surface area contributed by atoms with Gasteiger partial charge in [0.05, 0.1) is 11.1 Å². The molecule has 0 amide bonds. The Labute approximate surface area is 224 Å². The monoisotopic (exact) mass is 512 g/mol. The number of benzene rings is 2. The predicted octanol–water partition coefficient (Wildman–Crippen LogP) is 4.44. The van der Waals surface area contributed by atoms with E-state index in [-0.39, 0.29) is 23.3 Å². The van der Waals surface area contributed by atoms with E-state index in [1.54, 1.807) is 6.07 Å². The third-order valence-corrected chi connectivity index (χ3v) is 10.2. The summed E-state index contributed by atoms with van der Waals surface area (Å²) in [5.41, 5.74) is 6.45. The van der Waals surface area contributed by atoms with Crippen LogP contribution in [-0.4, -0.2) is 52.7 Å². The Morgan fingerprint density at radius 2 is 1.89 bits per heavy atom. The van der Waals surface area contributed by atoms with Gasteiger partial charge in [-0.25, -0.2) is 0 Å². The molecule has 1 saturated heterocycles. The van der Waals surface area contributed by atoms with Gasteiger partial charge in [0, 0.05) is 50.7 Å². The SMILES string of the molecule is CO[C@@]12Cc3cc(CCC(=O)CCc4ccccc4)n(C)c3[C@@H]3Oc4c(O)ccc5c4[C@@]31CCN(C)[C@H]2C5. The summed E-state index contributed by atoms with van der Waals surface area (Å²) >= 11 is 0. The Hall–Kier alpha value is -3.09. The molecule has 198 valence electrons. The second-order valence-electron chi connectivity index (χ2n) is 11.8. The number of rotatable bonds is 7. The molecule has 7 rings (SSSR count). The largest absolute Gasteiger partial charge is 0.504 e. The Bertz CT molecular complexity index is 1430. The molecule has 1 aromatic heterocycles. The molecule has 4 aliphatic rings. The second kappa shape index (κ2) is 8.45. The number of hydrogen-bond acceptors (Lipinski definition) is 5. The van der Waals surface area contributed by atoms with Crippen LogP contribution in [0.25, 0.3) is 0 Å². The molecule has 1 fully saturated rings. The summed E-state index contributed by atoms with van der Waals surface area (Å²) in [5.74, 6) is 1.16. The number of carbonyl (C=O) groups is 1. The topological polar surface area (TPSA) is 63.9 Å². The van der Waals surface area contributed by atoms with E-state index >= 15 is 0 Å². The van der Waals surface area contributed by atoms with Crippen molar-refractivity contribution in [3.05, 3.63) is 82.2 Å². The highest BCUT2D eigenvalue weighted by Gasteiger charge is 2.73. The molecule has 2 aliphatic heterocycles. The molecule has 1 spiro atoms. The van der Waals surface area contributed by atoms with E-state index in [2.05, 4.69) is 47.8 Å². The lowest BCUT2D eigenvalue weighted by molar-refractivity contribution is -0.186. The molecule has 3 aromatic rings. The third-order valence-electron chi connectivity index (χ3n) is 10.2. The Balaban J connectivity index is 1.24. The number of phenolic OH excluding ortho intramolecular Hbond substituents is 1. The van der Waals surface area contributed by atoms with Gasteiger partial charge in [0.1, 0.15) is 11.4 Å². The summed E-state index contributed by atoms with van der Waals surface area (Å²) < 4.78 is 15.7. The molecule has 2 aromatic carbocycles. The first-order valence-electron chi connectivity index (χ1n) is 13.9. The minimum absolute atomic E-state index is 0.218. The highest BCUT2D eigenvalue weighted by Crippen LogP contribution is 2.69. The first-order chi connectivity index (χ1) is 18.4. The van der Waals surface area contributed by atoms with Gasteiger partial charge in [0.15, 0.2) is 17.6 Å². The molecule has 1 N–H and O–H groups in total. The highest BCUT2D eigenvalue weighted by molar-refractivity contribution is 5.78. The van der Waals surface area contributed by atoms with Crippen molar-refractivity contribution in [3.63, 3.8) is 0 Å². The van der Waals surface area contributed by atoms with E-state index in [1.165, 1.54) is 22.4 Å². The van der Waals surface area contributed by atoms with Crippen LogP contribution in [0.4, 0.5) is 0 Å². The van der Waals surface area contributed by atoms with Crippen molar-refractivity contribution in [1.29, 1.82) is 0 Å². The minimum atomic E-state index is -0.437. The fraction of sp³-hybridized carbons (Fsp3) is 0.469. The fourth-order valence-electron chi connectivity index (χ4n) is 8.36. The zero-order chi connectivity index (χ0) is 26.2. The number of phenols is 1. The summed E-state index contributed by atoms with van der Waals surface area (Å²) in [6.07, 6.45) is 4.99. The first-order valence-corrected chi connectivity index (χ1v) is 13.9. The number of likely N-dealkylation sites (N-methyl/N-ethyl adjacent to an activating group) is 1. The molecule has 38 heavy (non-hydrogen) atoms. The molecule has 2 aliphatic carbocycles. The van der Waals surface area contributed by atoms with Gasteiger partial charge in [-0.05, 0) is 68.1 Å². The number of piperidine rings is 1. The zero-order valence-corrected chi connectivity index (χ0v) is 22.5. The number of ether oxygens (including phenoxy) is 2. The van der Waals surface area contributed by atoms with Crippen LogP contribution < -0.4 is 4.74 Å². The van der Waals surface area contributed by atoms with Crippen LogP contribution in [0.5, 0.6) is 11.5 Å². The summed E-state index contributed by atoms with van der Waals surface area (Å²) in [4.78, 5) is 15.3. The summed E-state index contributed by atoms with van der Waals surface area (Å²) in [6, 6.07) is 16.6. The number of hydrogen-bond donors (Lipinski definition) is 1. The van der Waals surface area contributed by atoms with Gasteiger partial charge in [0.2, 0.25) is 0 Å². The third kappa shape index (κ3) is 3.04. The van der Waals surface area contributed by atoms with Gasteiger partial charge < -0.3 is 24.0 Å². The van der Waals surface area contributed by atoms with Gasteiger partial charge >= 0.3 is 0 Å². The second-order valence-corrected chi connectivity index (χ2v) is 11.8. The van der Waals surface area contributed by atoms with Crippen molar-refractivity contribution < 1.29 is 19.4 Å². The molecule has 0 unspecified atom stereocenters. The van der Waals surface area contributed by atoms with E-state index in [0.717, 1.165) is 43.5 Å². The van der Waals surface area contributed by atoms with Crippen molar-refractivity contribution >= 4 is 5.78 Å². The lowest BCUT2D eigenvalue weighted by atomic mass is 9.49. The molecule has 6 nitrogen and oxygen atoms in total. The average Bonchev–Trinajstić information content (AvgIpc) is 3.44. The number of methoxy groups -OCH3 is 1. The van der Waals surface area contributed by atoms with Gasteiger partial charge in [-0.15, -0.1) is 0 Å². The number of aryl methyl sites for hydroxylation is 2. The Morgan fingerprint density at radius 1 is 1.11 bits per heavy atom. The van der Waals surface area contributed by atoms with Crippen LogP contribution >= 0.6 is 0 Å². The van der Waals surface area contributed by atoms with Crippen molar-refractivity contribution in [2.75, 3.05) is 20.7 Å². The van der Waals surface area contributed by atoms with Gasteiger partial charge in [-0.1, -0.05) is 36.4 Å². The summed E-state index contributed by atoms with van der Waals surface area (Å²) in [7, 11) is 6.18. The lowest BCUT2D eigenvalue weighted by Gasteiger charge is -2.63. The Kier molecular flexibility index (Phi) is 5.34. The number of carbonyl (C=O) groups excluding carboxylic acids is 1. The van der Waals surface area contributed by atoms with Crippen molar-refractivity contribution in [2.24, 2.45) is 7.05 Å². The molecule has 2 bridgehead atoms. The Morgan fingerprint density at radius 3 is 2.68 bits per heavy atom. The van der Waals surface area contributed by atoms with Crippen molar-refractivity contribution in [1.82, 2.24) is 9.47 Å². The number of fused-ring (bicyclic) bond motifs is 2. The number of Topliss-reactive ketones (excluding diaryl/α,β-unsaturated/α-hetero) is 1. The minimum Gasteiger partial charge on any atom is -0.504 e. The van der Waals surface area contributed by atoms with Crippen LogP contribution in [0.3, 0.4) is 0 Å². The van der Waals surface area contributed by atoms with Gasteiger partial charge in [-0.2, -0.15) is 0 Å². The molecular weight excluding hydrogens is 476 g/mol. The molecule has 0 radical (unpaired) electrons. The van der Waals surface area contributed by atoms with E-state index in [9.17, 15) is 9.90 Å². The molecule has 4 atom stereocenters. The van der Waals surface area contributed by atoms with E-state index in [4.69, 9.17) is 9.47 Å². The van der Waals surface area contributed by atoms with E-state index in [0.29, 0.717) is 30.8 Å². The number of likely N-dealkylation sites (tertiary alicyclic amines) is 1. The first kappa shape index (κ1) is 24.0. The van der Waals surface area contributed by atoms with Crippen LogP contribution in [0, 0.1) is 0 Å². The fourth-order valence-corrected chi connectivity index (χ4v) is 8.36. The summed E-state index contributed by atoms with van der Waals surface area (Å²) in [5, 5.41) is 10.9. The number of nitrogens with zero attached hydrogens (tertiary/aromatic N) is 2. The number of ketones is 1. The quantitative estimate of drug-likeness (QED) is 0.507. The number of aromatic hydroxyl groups is 1. The maximum atomic E-state index is 12.8. The highest BCUT2D eigenvalue weighted by atomic mass is 16.5. The maximum absolute atomic E-state index is 12.8. The molecule has 3 heterocycles. The zero-order valence-electron chi connectivity index (χ0n) is 22.5. The lowest BCUT2D eigenvalue weighted by Crippen LogP contribution is -2.74. The predicted molar refractivity (Wildman–Crippen MR) is 145 cm³/mol. The molecule has 6 heteroatoms. The van der Waals surface area contributed by atoms with Crippen LogP contribution in [0.2, 0.25) is 0 Å². The van der Waals surface area contributed by atoms with Gasteiger partial charge in [0.25, 0.3) is 0 Å². The van der Waals surface area contributed by atoms with Crippen LogP contribution in [-0.2, 0) is 47.7 Å². The van der Waals surface area contributed by atoms with Gasteiger partial charge in [-0.3, -0.25) is 4.79 Å². The van der Waals surface area contributed by atoms with Crippen molar-refractivity contribution in [2.45, 2.75) is 68.1 Å². The maximum Gasteiger partial charge on any atom is 0.166 e. The molecule has 0 saturated carbocycles. The number of aromatic nitrogens is 1. The van der Waals surface area contributed by atoms with Crippen LogP contribution in [0.15, 0.2) is 48.5 Å². The van der Waals surface area contributed by atoms with E-state index < -0.39 is 5.60 Å².